The molecule has 0 aliphatic carbocycles. The fourth-order valence-corrected chi connectivity index (χ4v) is 4.50. The Kier molecular flexibility index (Phi) is 3.77. The summed E-state index contributed by atoms with van der Waals surface area (Å²) in [4.78, 5) is 0. The lowest BCUT2D eigenvalue weighted by atomic mass is 9.34. The maximum Gasteiger partial charge on any atom is 0.253 e. The average molecular weight is 377 g/mol. The quantitative estimate of drug-likeness (QED) is 0.456. The van der Waals surface area contributed by atoms with Gasteiger partial charge in [-0.05, 0) is 49.9 Å². The first kappa shape index (κ1) is 15.5. The molecule has 0 bridgehead atoms. The summed E-state index contributed by atoms with van der Waals surface area (Å²) in [5.41, 5.74) is 7.79. The number of ether oxygens (including phenoxy) is 1. The van der Waals surface area contributed by atoms with Crippen molar-refractivity contribution < 1.29 is 4.74 Å². The maximum atomic E-state index is 6.18. The first-order valence-electron chi connectivity index (χ1n) is 8.19. The minimum atomic E-state index is 0.182. The van der Waals surface area contributed by atoms with Gasteiger partial charge in [-0.15, -0.1) is 0 Å². The van der Waals surface area contributed by atoms with Gasteiger partial charge in [-0.3, -0.25) is 0 Å². The zero-order valence-corrected chi connectivity index (χ0v) is 15.6. The van der Waals surface area contributed by atoms with Crippen molar-refractivity contribution in [3.05, 3.63) is 75.8 Å². The smallest absolute Gasteiger partial charge is 0.253 e. The van der Waals surface area contributed by atoms with E-state index in [2.05, 4.69) is 79.2 Å². The molecule has 0 saturated heterocycles. The van der Waals surface area contributed by atoms with Crippen molar-refractivity contribution in [2.75, 3.05) is 0 Å². The van der Waals surface area contributed by atoms with E-state index < -0.39 is 0 Å². The fraction of sp³-hybridized carbons (Fsp3) is 0.143. The molecule has 3 aromatic carbocycles. The highest BCUT2D eigenvalue weighted by Crippen LogP contribution is 2.28. The van der Waals surface area contributed by atoms with Crippen LogP contribution < -0.4 is 21.1 Å². The molecule has 0 fully saturated rings. The van der Waals surface area contributed by atoms with Crippen LogP contribution in [0.5, 0.6) is 11.5 Å². The van der Waals surface area contributed by atoms with Crippen LogP contribution in [0.4, 0.5) is 0 Å². The lowest BCUT2D eigenvalue weighted by Crippen LogP contribution is -2.57. The van der Waals surface area contributed by atoms with Gasteiger partial charge >= 0.3 is 0 Å². The van der Waals surface area contributed by atoms with Crippen LogP contribution in [0.15, 0.2) is 59.1 Å². The summed E-state index contributed by atoms with van der Waals surface area (Å²) in [5, 5.41) is 0. The maximum absolute atomic E-state index is 6.18. The van der Waals surface area contributed by atoms with Crippen molar-refractivity contribution in [1.82, 2.24) is 0 Å². The van der Waals surface area contributed by atoms with Crippen LogP contribution in [0.25, 0.3) is 0 Å². The molecule has 0 atom stereocenters. The number of hydrogen-bond donors (Lipinski definition) is 0. The van der Waals surface area contributed by atoms with E-state index in [0.29, 0.717) is 0 Å². The third-order valence-corrected chi connectivity index (χ3v) is 5.47. The van der Waals surface area contributed by atoms with Crippen molar-refractivity contribution in [1.29, 1.82) is 0 Å². The lowest BCUT2D eigenvalue weighted by molar-refractivity contribution is 0.487. The summed E-state index contributed by atoms with van der Waals surface area (Å²) in [6.45, 7) is 6.76. The minimum Gasteiger partial charge on any atom is -0.458 e. The van der Waals surface area contributed by atoms with Gasteiger partial charge in [-0.1, -0.05) is 74.5 Å². The molecule has 3 heteroatoms. The largest absolute Gasteiger partial charge is 0.458 e. The molecule has 4 rings (SSSR count). The zero-order chi connectivity index (χ0) is 16.8. The topological polar surface area (TPSA) is 9.23 Å². The predicted octanol–water partition coefficient (Wildman–Crippen LogP) is 4.00. The van der Waals surface area contributed by atoms with Crippen LogP contribution in [0, 0.1) is 20.8 Å². The zero-order valence-electron chi connectivity index (χ0n) is 14.1. The number of para-hydroxylation sites is 1. The van der Waals surface area contributed by atoms with Crippen molar-refractivity contribution in [2.24, 2.45) is 0 Å². The van der Waals surface area contributed by atoms with E-state index in [0.717, 1.165) is 16.0 Å². The van der Waals surface area contributed by atoms with Crippen LogP contribution in [-0.2, 0) is 0 Å². The van der Waals surface area contributed by atoms with Crippen LogP contribution in [0.3, 0.4) is 0 Å². The van der Waals surface area contributed by atoms with Gasteiger partial charge in [0.25, 0.3) is 6.71 Å². The summed E-state index contributed by atoms with van der Waals surface area (Å²) in [6.07, 6.45) is 0. The van der Waals surface area contributed by atoms with Crippen LogP contribution in [-0.4, -0.2) is 6.71 Å². The van der Waals surface area contributed by atoms with Gasteiger partial charge in [0.05, 0.1) is 0 Å². The number of benzene rings is 3. The highest BCUT2D eigenvalue weighted by Gasteiger charge is 2.35. The minimum absolute atomic E-state index is 0.182. The summed E-state index contributed by atoms with van der Waals surface area (Å²) < 4.78 is 7.28. The monoisotopic (exact) mass is 376 g/mol. The molecule has 0 N–H and O–H groups in total. The summed E-state index contributed by atoms with van der Waals surface area (Å²) in [6, 6.07) is 19.1. The SMILES string of the molecule is Cc1cc(C)c(B2c3ccccc3Oc3cccc(Br)c32)c(C)c1. The lowest BCUT2D eigenvalue weighted by Gasteiger charge is -2.29. The Bertz CT molecular complexity index is 925. The third kappa shape index (κ3) is 2.39. The number of aryl methyl sites for hydroxylation is 3. The molecule has 24 heavy (non-hydrogen) atoms. The Morgan fingerprint density at radius 1 is 0.792 bits per heavy atom. The van der Waals surface area contributed by atoms with Crippen LogP contribution >= 0.6 is 15.9 Å². The van der Waals surface area contributed by atoms with Crippen LogP contribution in [0.2, 0.25) is 0 Å². The molecule has 3 aromatic rings. The Morgan fingerprint density at radius 3 is 2.21 bits per heavy atom. The normalized spacial score (nSPS) is 12.4. The number of hydrogen-bond acceptors (Lipinski definition) is 1. The van der Waals surface area contributed by atoms with Gasteiger partial charge in [0.1, 0.15) is 11.5 Å². The second kappa shape index (κ2) is 5.82. The van der Waals surface area contributed by atoms with Gasteiger partial charge < -0.3 is 4.74 Å². The van der Waals surface area contributed by atoms with Crippen molar-refractivity contribution in [3.8, 4) is 11.5 Å². The van der Waals surface area contributed by atoms with Gasteiger partial charge in [0, 0.05) is 4.47 Å². The molecule has 0 amide bonds. The van der Waals surface area contributed by atoms with Crippen molar-refractivity contribution >= 4 is 39.0 Å². The first-order chi connectivity index (χ1) is 11.6. The highest BCUT2D eigenvalue weighted by atomic mass is 79.9. The molecular formula is C21H18BBrO. The second-order valence-electron chi connectivity index (χ2n) is 6.54. The average Bonchev–Trinajstić information content (AvgIpc) is 2.53. The van der Waals surface area contributed by atoms with E-state index in [4.69, 9.17) is 4.74 Å². The summed E-state index contributed by atoms with van der Waals surface area (Å²) >= 11 is 3.76. The molecule has 0 saturated carbocycles. The number of halogens is 1. The predicted molar refractivity (Wildman–Crippen MR) is 106 cm³/mol. The van der Waals surface area contributed by atoms with E-state index >= 15 is 0 Å². The fourth-order valence-electron chi connectivity index (χ4n) is 3.92. The van der Waals surface area contributed by atoms with Crippen LogP contribution in [0.1, 0.15) is 16.7 Å². The van der Waals surface area contributed by atoms with E-state index in [-0.39, 0.29) is 6.71 Å². The molecule has 0 aromatic heterocycles. The van der Waals surface area contributed by atoms with Crippen molar-refractivity contribution in [2.45, 2.75) is 20.8 Å². The standard InChI is InChI=1S/C21H18BBrO/c1-13-11-14(2)20(15(3)12-13)22-16-7-4-5-9-18(16)24-19-10-6-8-17(23)21(19)22/h4-12H,1-3H3. The van der Waals surface area contributed by atoms with Gasteiger partial charge in [-0.25, -0.2) is 0 Å². The molecule has 118 valence electrons. The molecule has 1 aliphatic heterocycles. The van der Waals surface area contributed by atoms with E-state index in [9.17, 15) is 0 Å². The summed E-state index contributed by atoms with van der Waals surface area (Å²) in [5.74, 6) is 1.89. The first-order valence-corrected chi connectivity index (χ1v) is 8.98. The number of rotatable bonds is 1. The van der Waals surface area contributed by atoms with E-state index in [1.165, 1.54) is 33.1 Å². The summed E-state index contributed by atoms with van der Waals surface area (Å²) in [7, 11) is 0. The third-order valence-electron chi connectivity index (χ3n) is 4.78. The second-order valence-corrected chi connectivity index (χ2v) is 7.39. The van der Waals surface area contributed by atoms with Crippen molar-refractivity contribution in [3.63, 3.8) is 0 Å². The molecule has 1 heterocycles. The molecule has 1 nitrogen and oxygen atoms in total. The molecular weight excluding hydrogens is 359 g/mol. The van der Waals surface area contributed by atoms with E-state index in [1.54, 1.807) is 0 Å². The Balaban J connectivity index is 2.06. The Morgan fingerprint density at radius 2 is 1.46 bits per heavy atom. The Labute approximate surface area is 151 Å². The van der Waals surface area contributed by atoms with Gasteiger partial charge in [0.15, 0.2) is 0 Å². The van der Waals surface area contributed by atoms with Gasteiger partial charge in [0.2, 0.25) is 0 Å². The van der Waals surface area contributed by atoms with E-state index in [1.807, 2.05) is 12.1 Å². The molecule has 0 spiro atoms. The van der Waals surface area contributed by atoms with Gasteiger partial charge in [-0.2, -0.15) is 0 Å². The molecule has 0 unspecified atom stereocenters. The molecule has 0 radical (unpaired) electrons. The highest BCUT2D eigenvalue weighted by molar-refractivity contribution is 9.10. The number of fused-ring (bicyclic) bond motifs is 2. The molecule has 1 aliphatic rings. The Hall–Kier alpha value is -2.00.